The Morgan fingerprint density at radius 3 is 2.53 bits per heavy atom. The minimum absolute atomic E-state index is 0.00275. The minimum Gasteiger partial charge on any atom is -0.464 e. The Labute approximate surface area is 280 Å². The predicted molar refractivity (Wildman–Crippen MR) is 173 cm³/mol. The number of ether oxygens (including phenoxy) is 2. The summed E-state index contributed by atoms with van der Waals surface area (Å²) in [6.45, 7) is 3.01. The monoisotopic (exact) mass is 700 g/mol. The summed E-state index contributed by atoms with van der Waals surface area (Å²) in [5.41, 5.74) is 2.70. The molecule has 0 aliphatic carbocycles. The van der Waals surface area contributed by atoms with Gasteiger partial charge in [0.2, 0.25) is 6.29 Å². The summed E-state index contributed by atoms with van der Waals surface area (Å²) in [5.74, 6) is -2.61. The van der Waals surface area contributed by atoms with E-state index in [2.05, 4.69) is 5.32 Å². The second-order valence-electron chi connectivity index (χ2n) is 11.1. The summed E-state index contributed by atoms with van der Waals surface area (Å²) in [7, 11) is -3.56. The van der Waals surface area contributed by atoms with Crippen LogP contribution in [0.4, 0.5) is 0 Å². The first-order valence-corrected chi connectivity index (χ1v) is 17.1. The fraction of sp³-hybridized carbons (Fsp3) is 0.273. The number of halogens is 2. The lowest BCUT2D eigenvalue weighted by molar-refractivity contribution is -0.184. The molecular weight excluding hydrogens is 671 g/mol. The first-order chi connectivity index (χ1) is 22.2. The van der Waals surface area contributed by atoms with Crippen molar-refractivity contribution in [2.24, 2.45) is 0 Å². The minimum atomic E-state index is -3.56. The zero-order valence-electron chi connectivity index (χ0n) is 25.5. The standard InChI is InChI=1S/C33H30Cl2N2O9S/c1-18(38)45-19(2)46-33(41)27(14-20-5-4-6-24(13-20)47(3,42)43)36-31(39)29-26(34)15-23-17-37(11-9-25(23)30(29)35)32(40)22-8-7-21-10-12-44-28(21)16-22/h4-8,10,12-13,15-16,19,27H,9,11,14,17H2,1-3H3,(H,36,39)/t19?,27-/m0/s1. The number of furan rings is 1. The van der Waals surface area contributed by atoms with E-state index in [4.69, 9.17) is 37.1 Å². The average molecular weight is 702 g/mol. The quantitative estimate of drug-likeness (QED) is 0.185. The van der Waals surface area contributed by atoms with Crippen molar-refractivity contribution >= 4 is 67.8 Å². The molecule has 2 atom stereocenters. The Kier molecular flexibility index (Phi) is 9.94. The molecule has 1 aliphatic rings. The zero-order chi connectivity index (χ0) is 34.0. The van der Waals surface area contributed by atoms with E-state index in [0.717, 1.165) is 18.6 Å². The van der Waals surface area contributed by atoms with Crippen molar-refractivity contribution in [3.8, 4) is 0 Å². The molecule has 11 nitrogen and oxygen atoms in total. The van der Waals surface area contributed by atoms with Crippen molar-refractivity contribution in [1.82, 2.24) is 10.2 Å². The molecule has 4 aromatic rings. The second-order valence-corrected chi connectivity index (χ2v) is 13.9. The SMILES string of the molecule is CC(=O)OC(C)OC(=O)[C@H](Cc1cccc(S(C)(=O)=O)c1)NC(=O)c1c(Cl)cc2c(c1Cl)CCN(C(=O)c1ccc3ccoc3c1)C2. The van der Waals surface area contributed by atoms with E-state index in [1.807, 2.05) is 12.1 Å². The molecule has 3 aromatic carbocycles. The Bertz CT molecular complexity index is 2010. The molecule has 246 valence electrons. The van der Waals surface area contributed by atoms with E-state index in [9.17, 15) is 27.6 Å². The van der Waals surface area contributed by atoms with Crippen molar-refractivity contribution in [2.45, 2.75) is 50.5 Å². The number of sulfone groups is 1. The number of hydrogen-bond donors (Lipinski definition) is 1. The van der Waals surface area contributed by atoms with Crippen molar-refractivity contribution in [1.29, 1.82) is 0 Å². The van der Waals surface area contributed by atoms with Gasteiger partial charge < -0.3 is 24.1 Å². The van der Waals surface area contributed by atoms with Crippen molar-refractivity contribution in [2.75, 3.05) is 12.8 Å². The fourth-order valence-electron chi connectivity index (χ4n) is 5.37. The lowest BCUT2D eigenvalue weighted by atomic mass is 9.95. The molecule has 0 saturated carbocycles. The number of esters is 2. The third-order valence-corrected chi connectivity index (χ3v) is 9.42. The molecule has 2 heterocycles. The van der Waals surface area contributed by atoms with Crippen LogP contribution in [0, 0.1) is 0 Å². The van der Waals surface area contributed by atoms with E-state index in [-0.39, 0.29) is 39.4 Å². The van der Waals surface area contributed by atoms with Crippen molar-refractivity contribution in [3.63, 3.8) is 0 Å². The molecule has 0 bridgehead atoms. The number of nitrogens with one attached hydrogen (secondary N) is 1. The maximum atomic E-state index is 13.7. The highest BCUT2D eigenvalue weighted by Gasteiger charge is 2.31. The van der Waals surface area contributed by atoms with Crippen LogP contribution in [0.3, 0.4) is 0 Å². The van der Waals surface area contributed by atoms with Crippen LogP contribution >= 0.6 is 23.2 Å². The molecule has 1 N–H and O–H groups in total. The van der Waals surface area contributed by atoms with Crippen LogP contribution in [0.1, 0.15) is 51.3 Å². The molecule has 0 fully saturated rings. The van der Waals surface area contributed by atoms with E-state index in [1.165, 1.54) is 25.1 Å². The largest absolute Gasteiger partial charge is 0.464 e. The molecule has 47 heavy (non-hydrogen) atoms. The summed E-state index contributed by atoms with van der Waals surface area (Å²) >= 11 is 13.4. The van der Waals surface area contributed by atoms with Crippen molar-refractivity contribution < 1.29 is 41.5 Å². The van der Waals surface area contributed by atoms with Gasteiger partial charge in [-0.05, 0) is 59.5 Å². The van der Waals surface area contributed by atoms with E-state index in [1.54, 1.807) is 35.4 Å². The number of benzene rings is 3. The number of hydrogen-bond acceptors (Lipinski definition) is 9. The summed E-state index contributed by atoms with van der Waals surface area (Å²) in [6, 6.07) is 13.2. The third kappa shape index (κ3) is 7.78. The van der Waals surface area contributed by atoms with E-state index in [0.29, 0.717) is 40.8 Å². The number of fused-ring (bicyclic) bond motifs is 2. The molecule has 0 radical (unpaired) electrons. The van der Waals surface area contributed by atoms with Gasteiger partial charge in [0, 0.05) is 50.6 Å². The van der Waals surface area contributed by atoms with Gasteiger partial charge in [-0.25, -0.2) is 13.2 Å². The summed E-state index contributed by atoms with van der Waals surface area (Å²) in [6.07, 6.45) is 1.52. The highest BCUT2D eigenvalue weighted by molar-refractivity contribution is 7.90. The Morgan fingerprint density at radius 1 is 1.04 bits per heavy atom. The summed E-state index contributed by atoms with van der Waals surface area (Å²) in [5, 5.41) is 3.56. The third-order valence-electron chi connectivity index (χ3n) is 7.59. The van der Waals surface area contributed by atoms with Gasteiger partial charge in [-0.1, -0.05) is 41.4 Å². The van der Waals surface area contributed by atoms with E-state index < -0.39 is 40.0 Å². The van der Waals surface area contributed by atoms with Crippen LogP contribution in [-0.2, 0) is 48.3 Å². The summed E-state index contributed by atoms with van der Waals surface area (Å²) in [4.78, 5) is 53.2. The van der Waals surface area contributed by atoms with Gasteiger partial charge in [0.15, 0.2) is 9.84 Å². The topological polar surface area (TPSA) is 149 Å². The van der Waals surface area contributed by atoms with Gasteiger partial charge in [0.1, 0.15) is 11.6 Å². The molecular formula is C33H30Cl2N2O9S. The molecule has 0 saturated heterocycles. The lowest BCUT2D eigenvalue weighted by Gasteiger charge is -2.30. The fourth-order valence-corrected chi connectivity index (χ4v) is 6.82. The predicted octanol–water partition coefficient (Wildman–Crippen LogP) is 5.14. The van der Waals surface area contributed by atoms with Gasteiger partial charge in [-0.15, -0.1) is 0 Å². The van der Waals surface area contributed by atoms with E-state index >= 15 is 0 Å². The van der Waals surface area contributed by atoms with Gasteiger partial charge in [-0.2, -0.15) is 0 Å². The van der Waals surface area contributed by atoms with Gasteiger partial charge in [0.05, 0.1) is 26.8 Å². The zero-order valence-corrected chi connectivity index (χ0v) is 27.9. The van der Waals surface area contributed by atoms with Crippen LogP contribution in [0.25, 0.3) is 11.0 Å². The molecule has 1 unspecified atom stereocenters. The second kappa shape index (κ2) is 13.8. The smallest absolute Gasteiger partial charge is 0.332 e. The highest BCUT2D eigenvalue weighted by atomic mass is 35.5. The average Bonchev–Trinajstić information content (AvgIpc) is 3.47. The van der Waals surface area contributed by atoms with Gasteiger partial charge in [0.25, 0.3) is 11.8 Å². The lowest BCUT2D eigenvalue weighted by Crippen LogP contribution is -2.45. The van der Waals surface area contributed by atoms with Crippen LogP contribution in [0.5, 0.6) is 0 Å². The van der Waals surface area contributed by atoms with Crippen molar-refractivity contribution in [3.05, 3.63) is 98.7 Å². The van der Waals surface area contributed by atoms with Gasteiger partial charge in [-0.3, -0.25) is 14.4 Å². The Hall–Kier alpha value is -4.39. The molecule has 5 rings (SSSR count). The van der Waals surface area contributed by atoms with Gasteiger partial charge >= 0.3 is 11.9 Å². The van der Waals surface area contributed by atoms with Crippen LogP contribution in [0.15, 0.2) is 70.2 Å². The molecule has 2 amide bonds. The highest BCUT2D eigenvalue weighted by Crippen LogP contribution is 2.35. The Morgan fingerprint density at radius 2 is 1.81 bits per heavy atom. The number of amides is 2. The normalized spacial score (nSPS) is 14.2. The molecule has 14 heteroatoms. The molecule has 0 spiro atoms. The number of carbonyl (C=O) groups excluding carboxylic acids is 4. The summed E-state index contributed by atoms with van der Waals surface area (Å²) < 4.78 is 39.8. The van der Waals surface area contributed by atoms with Crippen LogP contribution in [0.2, 0.25) is 10.0 Å². The number of rotatable bonds is 9. The first kappa shape index (κ1) is 34.0. The Balaban J connectivity index is 1.38. The maximum absolute atomic E-state index is 13.7. The first-order valence-electron chi connectivity index (χ1n) is 14.4. The molecule has 1 aromatic heterocycles. The molecule has 1 aliphatic heterocycles. The van der Waals surface area contributed by atoms with Crippen LogP contribution < -0.4 is 5.32 Å². The van der Waals surface area contributed by atoms with Crippen LogP contribution in [-0.4, -0.2) is 62.2 Å². The number of carbonyl (C=O) groups is 4. The maximum Gasteiger partial charge on any atom is 0.332 e. The number of nitrogens with zero attached hydrogens (tertiary/aromatic N) is 1.